The molecule has 1 N–H and O–H groups in total. The number of hydrogen-bond donors (Lipinski definition) is 1. The fraction of sp³-hybridized carbons (Fsp3) is 0.516. The summed E-state index contributed by atoms with van der Waals surface area (Å²) in [4.78, 5) is 33.7. The predicted molar refractivity (Wildman–Crippen MR) is 152 cm³/mol. The van der Waals surface area contributed by atoms with E-state index in [9.17, 15) is 9.59 Å². The van der Waals surface area contributed by atoms with E-state index >= 15 is 0 Å². The topological polar surface area (TPSA) is 67.2 Å². The monoisotopic (exact) mass is 534 g/mol. The molecule has 0 atom stereocenters. The highest BCUT2D eigenvalue weighted by Crippen LogP contribution is 2.31. The van der Waals surface area contributed by atoms with Crippen molar-refractivity contribution in [3.8, 4) is 0 Å². The zero-order valence-electron chi connectivity index (χ0n) is 22.2. The van der Waals surface area contributed by atoms with Crippen LogP contribution in [0.2, 0.25) is 5.02 Å². The molecule has 2 saturated carbocycles. The van der Waals surface area contributed by atoms with E-state index in [0.29, 0.717) is 43.0 Å². The second-order valence-electron chi connectivity index (χ2n) is 10.9. The molecule has 2 aliphatic rings. The molecule has 3 aromatic rings. The smallest absolute Gasteiger partial charge is 0.243 e. The molecule has 5 rings (SSSR count). The Morgan fingerprint density at radius 1 is 0.895 bits per heavy atom. The summed E-state index contributed by atoms with van der Waals surface area (Å²) < 4.78 is 2.08. The van der Waals surface area contributed by atoms with E-state index in [-0.39, 0.29) is 11.8 Å². The van der Waals surface area contributed by atoms with Gasteiger partial charge in [0.2, 0.25) is 11.8 Å². The van der Waals surface area contributed by atoms with Crippen molar-refractivity contribution in [3.05, 3.63) is 64.9 Å². The molecule has 38 heavy (non-hydrogen) atoms. The Morgan fingerprint density at radius 3 is 2.18 bits per heavy atom. The molecular formula is C31H39ClN4O2. The number of para-hydroxylation sites is 2. The van der Waals surface area contributed by atoms with Gasteiger partial charge in [-0.2, -0.15) is 0 Å². The Balaban J connectivity index is 1.29. The van der Waals surface area contributed by atoms with Gasteiger partial charge in [0, 0.05) is 30.1 Å². The molecule has 0 saturated heterocycles. The highest BCUT2D eigenvalue weighted by molar-refractivity contribution is 6.30. The van der Waals surface area contributed by atoms with E-state index in [2.05, 4.69) is 14.8 Å². The molecule has 7 heteroatoms. The first-order valence-corrected chi connectivity index (χ1v) is 14.7. The van der Waals surface area contributed by atoms with Crippen LogP contribution in [0.3, 0.4) is 0 Å². The van der Waals surface area contributed by atoms with E-state index in [4.69, 9.17) is 16.6 Å². The minimum atomic E-state index is -0.0353. The maximum Gasteiger partial charge on any atom is 0.243 e. The van der Waals surface area contributed by atoms with E-state index in [1.165, 1.54) is 38.5 Å². The van der Waals surface area contributed by atoms with Gasteiger partial charge in [0.05, 0.1) is 17.5 Å². The SMILES string of the molecule is O=C(Cc1ccc(Cl)cc1)NCCc1nc2ccccc2n1CC(=O)N(C1CCCCC1)C1CCCCC1. The van der Waals surface area contributed by atoms with Crippen LogP contribution >= 0.6 is 11.6 Å². The quantitative estimate of drug-likeness (QED) is 0.361. The largest absolute Gasteiger partial charge is 0.355 e. The maximum atomic E-state index is 14.0. The minimum Gasteiger partial charge on any atom is -0.355 e. The van der Waals surface area contributed by atoms with Crippen molar-refractivity contribution in [2.75, 3.05) is 6.54 Å². The summed E-state index contributed by atoms with van der Waals surface area (Å²) >= 11 is 5.95. The number of halogens is 1. The Hall–Kier alpha value is -2.86. The Morgan fingerprint density at radius 2 is 1.53 bits per heavy atom. The first kappa shape index (κ1) is 26.7. The van der Waals surface area contributed by atoms with Gasteiger partial charge in [-0.25, -0.2) is 4.98 Å². The Labute approximate surface area is 230 Å². The van der Waals surface area contributed by atoms with Crippen molar-refractivity contribution in [2.24, 2.45) is 0 Å². The van der Waals surface area contributed by atoms with E-state index in [0.717, 1.165) is 48.1 Å². The van der Waals surface area contributed by atoms with Gasteiger partial charge in [-0.15, -0.1) is 0 Å². The number of amides is 2. The standard InChI is InChI=1S/C31H39ClN4O2/c32-24-17-15-23(16-18-24)21-30(37)33-20-19-29-34-27-13-7-8-14-28(27)35(29)22-31(38)36(25-9-3-1-4-10-25)26-11-5-2-6-12-26/h7-8,13-18,25-26H,1-6,9-12,19-22H2,(H,33,37). The van der Waals surface area contributed by atoms with Crippen LogP contribution < -0.4 is 5.32 Å². The van der Waals surface area contributed by atoms with Crippen LogP contribution in [0.25, 0.3) is 11.0 Å². The van der Waals surface area contributed by atoms with Crippen LogP contribution in [0.1, 0.15) is 75.6 Å². The zero-order valence-corrected chi connectivity index (χ0v) is 23.0. The normalized spacial score (nSPS) is 17.0. The number of imidazole rings is 1. The number of carbonyl (C=O) groups is 2. The van der Waals surface area contributed by atoms with Crippen LogP contribution in [-0.4, -0.2) is 44.9 Å². The third-order valence-corrected chi connectivity index (χ3v) is 8.45. The minimum absolute atomic E-state index is 0.0353. The van der Waals surface area contributed by atoms with Crippen LogP contribution in [0, 0.1) is 0 Å². The number of nitrogens with one attached hydrogen (secondary N) is 1. The second-order valence-corrected chi connectivity index (χ2v) is 11.3. The molecule has 1 heterocycles. The van der Waals surface area contributed by atoms with Gasteiger partial charge < -0.3 is 14.8 Å². The van der Waals surface area contributed by atoms with Crippen molar-refractivity contribution >= 4 is 34.4 Å². The third-order valence-electron chi connectivity index (χ3n) is 8.20. The van der Waals surface area contributed by atoms with Crippen molar-refractivity contribution in [2.45, 2.75) is 95.7 Å². The van der Waals surface area contributed by atoms with Crippen molar-refractivity contribution in [1.82, 2.24) is 19.8 Å². The van der Waals surface area contributed by atoms with Gasteiger partial charge in [-0.3, -0.25) is 9.59 Å². The van der Waals surface area contributed by atoms with Crippen molar-refractivity contribution in [3.63, 3.8) is 0 Å². The van der Waals surface area contributed by atoms with Gasteiger partial charge in [0.25, 0.3) is 0 Å². The molecule has 2 aromatic carbocycles. The maximum absolute atomic E-state index is 14.0. The van der Waals surface area contributed by atoms with Crippen LogP contribution in [0.4, 0.5) is 0 Å². The number of fused-ring (bicyclic) bond motifs is 1. The fourth-order valence-corrected chi connectivity index (χ4v) is 6.42. The van der Waals surface area contributed by atoms with Crippen LogP contribution in [0.15, 0.2) is 48.5 Å². The lowest BCUT2D eigenvalue weighted by molar-refractivity contribution is -0.138. The first-order chi connectivity index (χ1) is 18.6. The molecule has 202 valence electrons. The third kappa shape index (κ3) is 6.58. The summed E-state index contributed by atoms with van der Waals surface area (Å²) in [6.07, 6.45) is 12.8. The van der Waals surface area contributed by atoms with E-state index < -0.39 is 0 Å². The number of nitrogens with zero attached hydrogens (tertiary/aromatic N) is 3. The molecule has 2 amide bonds. The molecule has 2 aliphatic carbocycles. The zero-order chi connectivity index (χ0) is 26.3. The highest BCUT2D eigenvalue weighted by Gasteiger charge is 2.33. The molecule has 0 unspecified atom stereocenters. The molecule has 2 fully saturated rings. The molecule has 1 aromatic heterocycles. The van der Waals surface area contributed by atoms with Gasteiger partial charge in [-0.1, -0.05) is 74.4 Å². The summed E-state index contributed by atoms with van der Waals surface area (Å²) in [7, 11) is 0. The lowest BCUT2D eigenvalue weighted by Crippen LogP contribution is -2.50. The molecule has 6 nitrogen and oxygen atoms in total. The first-order valence-electron chi connectivity index (χ1n) is 14.3. The fourth-order valence-electron chi connectivity index (χ4n) is 6.30. The summed E-state index contributed by atoms with van der Waals surface area (Å²) in [5.74, 6) is 1.03. The average Bonchev–Trinajstić information content (AvgIpc) is 3.28. The Kier molecular flexibility index (Phi) is 9.00. The van der Waals surface area contributed by atoms with Gasteiger partial charge in [0.15, 0.2) is 0 Å². The molecule has 0 aliphatic heterocycles. The summed E-state index contributed by atoms with van der Waals surface area (Å²) in [5, 5.41) is 3.69. The predicted octanol–water partition coefficient (Wildman–Crippen LogP) is 6.09. The van der Waals surface area contributed by atoms with Gasteiger partial charge in [-0.05, 0) is 55.5 Å². The molecule has 0 bridgehead atoms. The molecule has 0 spiro atoms. The van der Waals surface area contributed by atoms with E-state index in [1.54, 1.807) is 12.1 Å². The lowest BCUT2D eigenvalue weighted by atomic mass is 9.88. The highest BCUT2D eigenvalue weighted by atomic mass is 35.5. The number of rotatable bonds is 9. The number of carbonyl (C=O) groups excluding carboxylic acids is 2. The Bertz CT molecular complexity index is 1210. The summed E-state index contributed by atoms with van der Waals surface area (Å²) in [6.45, 7) is 0.778. The summed E-state index contributed by atoms with van der Waals surface area (Å²) in [6, 6.07) is 16.1. The molecule has 0 radical (unpaired) electrons. The summed E-state index contributed by atoms with van der Waals surface area (Å²) in [5.41, 5.74) is 2.80. The lowest BCUT2D eigenvalue weighted by Gasteiger charge is -2.42. The van der Waals surface area contributed by atoms with Gasteiger partial charge in [0.1, 0.15) is 12.4 Å². The van der Waals surface area contributed by atoms with Gasteiger partial charge >= 0.3 is 0 Å². The van der Waals surface area contributed by atoms with Crippen molar-refractivity contribution in [1.29, 1.82) is 0 Å². The van der Waals surface area contributed by atoms with Crippen LogP contribution in [-0.2, 0) is 29.0 Å². The second kappa shape index (κ2) is 12.8. The number of benzene rings is 2. The van der Waals surface area contributed by atoms with Crippen molar-refractivity contribution < 1.29 is 9.59 Å². The number of aromatic nitrogens is 2. The average molecular weight is 535 g/mol. The molecular weight excluding hydrogens is 496 g/mol. The van der Waals surface area contributed by atoms with E-state index in [1.807, 2.05) is 36.4 Å². The number of hydrogen-bond acceptors (Lipinski definition) is 3. The van der Waals surface area contributed by atoms with Crippen LogP contribution in [0.5, 0.6) is 0 Å².